The molecular weight excluding hydrogens is 568 g/mol. The van der Waals surface area contributed by atoms with Crippen molar-refractivity contribution in [1.29, 1.82) is 0 Å². The van der Waals surface area contributed by atoms with E-state index in [0.717, 1.165) is 34.2 Å². The van der Waals surface area contributed by atoms with Crippen molar-refractivity contribution in [2.45, 2.75) is 13.1 Å². The van der Waals surface area contributed by atoms with E-state index >= 15 is 0 Å². The van der Waals surface area contributed by atoms with Gasteiger partial charge in [-0.3, -0.25) is 19.9 Å². The van der Waals surface area contributed by atoms with Crippen LogP contribution in [0.3, 0.4) is 0 Å². The van der Waals surface area contributed by atoms with Crippen LogP contribution < -0.4 is 4.74 Å². The lowest BCUT2D eigenvalue weighted by Gasteiger charge is -2.23. The lowest BCUT2D eigenvalue weighted by Crippen LogP contribution is -2.28. The lowest BCUT2D eigenvalue weighted by molar-refractivity contribution is 0.197. The fourth-order valence-electron chi connectivity index (χ4n) is 5.10. The standard InChI is InChI=1S/C35H26F4N4O/c36-28-6-8-30(32(38)15-28)26-13-23(17-40-19-26)21-43(11-12-44-34-5-1-3-25-4-2-10-42-35(25)34)22-24-14-27(20-41-18-24)31-9-7-29(37)16-33(31)39/h1-10,13-20H,11-12,21-22H2. The van der Waals surface area contributed by atoms with Crippen molar-refractivity contribution in [2.75, 3.05) is 13.2 Å². The van der Waals surface area contributed by atoms with Crippen LogP contribution in [0.4, 0.5) is 17.6 Å². The van der Waals surface area contributed by atoms with Gasteiger partial charge in [0.05, 0.1) is 0 Å². The Morgan fingerprint density at radius 3 is 1.82 bits per heavy atom. The predicted molar refractivity (Wildman–Crippen MR) is 161 cm³/mol. The second-order valence-corrected chi connectivity index (χ2v) is 10.3. The van der Waals surface area contributed by atoms with Crippen LogP contribution in [-0.2, 0) is 13.1 Å². The van der Waals surface area contributed by atoms with Crippen LogP contribution in [0.15, 0.2) is 110 Å². The Morgan fingerprint density at radius 1 is 0.636 bits per heavy atom. The highest BCUT2D eigenvalue weighted by Gasteiger charge is 2.14. The minimum absolute atomic E-state index is 0.248. The molecule has 9 heteroatoms. The number of benzene rings is 3. The zero-order valence-electron chi connectivity index (χ0n) is 23.4. The van der Waals surface area contributed by atoms with Crippen molar-refractivity contribution < 1.29 is 22.3 Å². The number of hydrogen-bond donors (Lipinski definition) is 0. The highest BCUT2D eigenvalue weighted by Crippen LogP contribution is 2.27. The first kappa shape index (κ1) is 28.9. The Hall–Kier alpha value is -5.15. The lowest BCUT2D eigenvalue weighted by atomic mass is 10.0. The molecule has 0 saturated carbocycles. The molecule has 44 heavy (non-hydrogen) atoms. The molecule has 0 fully saturated rings. The number of nitrogens with zero attached hydrogens (tertiary/aromatic N) is 4. The molecule has 0 amide bonds. The number of halogens is 4. The van der Waals surface area contributed by atoms with E-state index in [1.54, 1.807) is 18.6 Å². The maximum Gasteiger partial charge on any atom is 0.145 e. The number of ether oxygens (including phenoxy) is 1. The van der Waals surface area contributed by atoms with Gasteiger partial charge in [0.1, 0.15) is 41.1 Å². The third-order valence-electron chi connectivity index (χ3n) is 7.15. The third kappa shape index (κ3) is 6.74. The van der Waals surface area contributed by atoms with Crippen molar-refractivity contribution in [3.8, 4) is 28.0 Å². The summed E-state index contributed by atoms with van der Waals surface area (Å²) in [6.45, 7) is 1.63. The molecule has 3 aromatic carbocycles. The zero-order chi connectivity index (χ0) is 30.5. The molecule has 0 unspecified atom stereocenters. The Morgan fingerprint density at radius 2 is 1.23 bits per heavy atom. The van der Waals surface area contributed by atoms with E-state index < -0.39 is 23.3 Å². The topological polar surface area (TPSA) is 51.1 Å². The van der Waals surface area contributed by atoms with Crippen LogP contribution >= 0.6 is 0 Å². The van der Waals surface area contributed by atoms with Crippen LogP contribution in [-0.4, -0.2) is 33.0 Å². The molecule has 6 rings (SSSR count). The van der Waals surface area contributed by atoms with Crippen LogP contribution in [0.2, 0.25) is 0 Å². The minimum Gasteiger partial charge on any atom is -0.490 e. The van der Waals surface area contributed by atoms with E-state index in [9.17, 15) is 17.6 Å². The maximum atomic E-state index is 14.5. The number of rotatable bonds is 10. The molecule has 220 valence electrons. The van der Waals surface area contributed by atoms with Crippen molar-refractivity contribution >= 4 is 10.9 Å². The summed E-state index contributed by atoms with van der Waals surface area (Å²) in [5.41, 5.74) is 3.90. The number of fused-ring (bicyclic) bond motifs is 1. The molecule has 6 aromatic rings. The van der Waals surface area contributed by atoms with Gasteiger partial charge in [-0.2, -0.15) is 0 Å². The van der Waals surface area contributed by atoms with E-state index in [1.807, 2.05) is 42.5 Å². The minimum atomic E-state index is -0.672. The van der Waals surface area contributed by atoms with Gasteiger partial charge < -0.3 is 4.74 Å². The fraction of sp³-hybridized carbons (Fsp3) is 0.114. The summed E-state index contributed by atoms with van der Waals surface area (Å²) in [6.07, 6.45) is 8.16. The molecule has 5 nitrogen and oxygen atoms in total. The van der Waals surface area contributed by atoms with Crippen LogP contribution in [0, 0.1) is 23.3 Å². The first-order valence-corrected chi connectivity index (χ1v) is 13.9. The van der Waals surface area contributed by atoms with Crippen molar-refractivity contribution in [3.63, 3.8) is 0 Å². The molecule has 3 heterocycles. The van der Waals surface area contributed by atoms with Crippen molar-refractivity contribution in [2.24, 2.45) is 0 Å². The van der Waals surface area contributed by atoms with E-state index in [1.165, 1.54) is 36.7 Å². The van der Waals surface area contributed by atoms with Gasteiger partial charge in [0, 0.05) is 90.4 Å². The molecule has 0 spiro atoms. The number of hydrogen-bond acceptors (Lipinski definition) is 5. The van der Waals surface area contributed by atoms with E-state index in [4.69, 9.17) is 4.74 Å². The summed E-state index contributed by atoms with van der Waals surface area (Å²) in [7, 11) is 0. The summed E-state index contributed by atoms with van der Waals surface area (Å²) >= 11 is 0. The van der Waals surface area contributed by atoms with E-state index in [0.29, 0.717) is 43.1 Å². The Labute approximate surface area is 251 Å². The Balaban J connectivity index is 1.25. The summed E-state index contributed by atoms with van der Waals surface area (Å²) < 4.78 is 62.2. The van der Waals surface area contributed by atoms with Gasteiger partial charge in [0.15, 0.2) is 0 Å². The number of aromatic nitrogens is 3. The van der Waals surface area contributed by atoms with Gasteiger partial charge in [0.2, 0.25) is 0 Å². The zero-order valence-corrected chi connectivity index (χ0v) is 23.4. The van der Waals surface area contributed by atoms with Crippen LogP contribution in [0.1, 0.15) is 11.1 Å². The summed E-state index contributed by atoms with van der Waals surface area (Å²) in [5.74, 6) is -1.99. The predicted octanol–water partition coefficient (Wildman–Crippen LogP) is 8.00. The molecule has 0 aliphatic rings. The second kappa shape index (κ2) is 13.0. The smallest absolute Gasteiger partial charge is 0.145 e. The van der Waals surface area contributed by atoms with Crippen molar-refractivity contribution in [3.05, 3.63) is 144 Å². The largest absolute Gasteiger partial charge is 0.490 e. The first-order chi connectivity index (χ1) is 21.4. The summed E-state index contributed by atoms with van der Waals surface area (Å²) in [6, 6.07) is 20.1. The SMILES string of the molecule is Fc1ccc(-c2cncc(CN(CCOc3cccc4cccnc34)Cc3cncc(-c4ccc(F)cc4F)c3)c2)c(F)c1. The molecule has 0 aliphatic heterocycles. The average Bonchev–Trinajstić information content (AvgIpc) is 3.01. The first-order valence-electron chi connectivity index (χ1n) is 13.9. The molecule has 0 radical (unpaired) electrons. The molecule has 0 N–H and O–H groups in total. The quantitative estimate of drug-likeness (QED) is 0.151. The van der Waals surface area contributed by atoms with Crippen molar-refractivity contribution in [1.82, 2.24) is 19.9 Å². The fourth-order valence-corrected chi connectivity index (χ4v) is 5.10. The number of pyridine rings is 3. The van der Waals surface area contributed by atoms with Gasteiger partial charge in [-0.25, -0.2) is 17.6 Å². The number of para-hydroxylation sites is 1. The monoisotopic (exact) mass is 594 g/mol. The van der Waals surface area contributed by atoms with Gasteiger partial charge in [0.25, 0.3) is 0 Å². The van der Waals surface area contributed by atoms with Gasteiger partial charge in [-0.1, -0.05) is 18.2 Å². The van der Waals surface area contributed by atoms with Gasteiger partial charge in [-0.15, -0.1) is 0 Å². The van der Waals surface area contributed by atoms with Crippen LogP contribution in [0.5, 0.6) is 5.75 Å². The molecule has 0 atom stereocenters. The average molecular weight is 595 g/mol. The van der Waals surface area contributed by atoms with E-state index in [2.05, 4.69) is 19.9 Å². The normalized spacial score (nSPS) is 11.3. The molecule has 3 aromatic heterocycles. The molecular formula is C35H26F4N4O. The molecule has 0 bridgehead atoms. The summed E-state index contributed by atoms with van der Waals surface area (Å²) in [4.78, 5) is 15.2. The highest BCUT2D eigenvalue weighted by atomic mass is 19.1. The van der Waals surface area contributed by atoms with E-state index in [-0.39, 0.29) is 11.1 Å². The van der Waals surface area contributed by atoms with Gasteiger partial charge >= 0.3 is 0 Å². The second-order valence-electron chi connectivity index (χ2n) is 10.3. The van der Waals surface area contributed by atoms with Crippen LogP contribution in [0.25, 0.3) is 33.2 Å². The maximum absolute atomic E-state index is 14.5. The molecule has 0 saturated heterocycles. The summed E-state index contributed by atoms with van der Waals surface area (Å²) in [5, 5.41) is 0.966. The third-order valence-corrected chi connectivity index (χ3v) is 7.15. The molecule has 0 aliphatic carbocycles. The highest BCUT2D eigenvalue weighted by molar-refractivity contribution is 5.84. The Bertz CT molecular complexity index is 1830. The van der Waals surface area contributed by atoms with Gasteiger partial charge in [-0.05, 0) is 59.7 Å². The Kier molecular flexibility index (Phi) is 8.56.